The van der Waals surface area contributed by atoms with Crippen LogP contribution in [0.5, 0.6) is 0 Å². The summed E-state index contributed by atoms with van der Waals surface area (Å²) in [7, 11) is 3.12. The van der Waals surface area contributed by atoms with Crippen LogP contribution in [0.1, 0.15) is 49.6 Å². The van der Waals surface area contributed by atoms with Crippen LogP contribution >= 0.6 is 0 Å². The summed E-state index contributed by atoms with van der Waals surface area (Å²) in [5.41, 5.74) is 2.93. The molecule has 0 radical (unpaired) electrons. The molecule has 0 bridgehead atoms. The number of nitrogens with zero attached hydrogens (tertiary/aromatic N) is 3. The Morgan fingerprint density at radius 3 is 2.59 bits per heavy atom. The van der Waals surface area contributed by atoms with Gasteiger partial charge in [0.1, 0.15) is 0 Å². The Morgan fingerprint density at radius 1 is 1.24 bits per heavy atom. The molecule has 1 amide bonds. The zero-order valence-corrected chi connectivity index (χ0v) is 20.2. The molecule has 1 fully saturated rings. The highest BCUT2D eigenvalue weighted by molar-refractivity contribution is 5.79. The maximum Gasteiger partial charge on any atom is 0.414 e. The van der Waals surface area contributed by atoms with Crippen LogP contribution in [0.2, 0.25) is 0 Å². The van der Waals surface area contributed by atoms with Crippen LogP contribution in [0.3, 0.4) is 0 Å². The van der Waals surface area contributed by atoms with Crippen molar-refractivity contribution in [3.8, 4) is 0 Å². The minimum absolute atomic E-state index is 0.100. The largest absolute Gasteiger partial charge is 0.414 e. The van der Waals surface area contributed by atoms with E-state index in [1.807, 2.05) is 24.1 Å². The van der Waals surface area contributed by atoms with E-state index in [-0.39, 0.29) is 17.2 Å². The fraction of sp³-hybridized carbons (Fsp3) is 0.538. The monoisotopic (exact) mass is 474 g/mol. The van der Waals surface area contributed by atoms with E-state index in [0.717, 1.165) is 24.3 Å². The molecule has 2 aliphatic rings. The number of hydrogen-bond donors (Lipinski definition) is 1. The molecule has 34 heavy (non-hydrogen) atoms. The lowest BCUT2D eigenvalue weighted by molar-refractivity contribution is -0.191. The Morgan fingerprint density at radius 2 is 1.97 bits per heavy atom. The molecule has 0 saturated carbocycles. The van der Waals surface area contributed by atoms with Crippen LogP contribution in [-0.4, -0.2) is 60.1 Å². The number of piperidine rings is 1. The van der Waals surface area contributed by atoms with E-state index in [1.54, 1.807) is 6.07 Å². The fourth-order valence-electron chi connectivity index (χ4n) is 5.44. The lowest BCUT2D eigenvalue weighted by Crippen LogP contribution is -2.46. The second kappa shape index (κ2) is 9.21. The minimum Gasteiger partial charge on any atom is -0.380 e. The lowest BCUT2D eigenvalue weighted by Gasteiger charge is -2.35. The SMILES string of the molecule is CN1CCCC(C(=O)N(C)C(c2ccc(NC3Cc4ccccc4C3(C)C)cn2)C(F)(F)F)C1. The number of benzene rings is 1. The van der Waals surface area contributed by atoms with Gasteiger partial charge in [0, 0.05) is 25.0 Å². The molecule has 3 unspecified atom stereocenters. The number of aromatic nitrogens is 1. The highest BCUT2D eigenvalue weighted by Crippen LogP contribution is 2.41. The second-order valence-corrected chi connectivity index (χ2v) is 10.2. The first-order valence-corrected chi connectivity index (χ1v) is 11.8. The zero-order valence-electron chi connectivity index (χ0n) is 20.2. The number of fused-ring (bicyclic) bond motifs is 1. The Bertz CT molecular complexity index is 1020. The standard InChI is InChI=1S/C26H33F3N4O/c1-25(2)20-10-6-5-8-17(20)14-22(25)31-19-11-12-21(30-15-19)23(26(27,28)29)33(4)24(34)18-9-7-13-32(3)16-18/h5-6,8,10-12,15,18,22-23,31H,7,9,13-14,16H2,1-4H3. The van der Waals surface area contributed by atoms with Gasteiger partial charge in [-0.1, -0.05) is 38.1 Å². The van der Waals surface area contributed by atoms with Crippen LogP contribution in [-0.2, 0) is 16.6 Å². The van der Waals surface area contributed by atoms with E-state index < -0.39 is 24.0 Å². The summed E-state index contributed by atoms with van der Waals surface area (Å²) in [4.78, 5) is 19.9. The van der Waals surface area contributed by atoms with Gasteiger partial charge < -0.3 is 15.1 Å². The quantitative estimate of drug-likeness (QED) is 0.677. The Labute approximate surface area is 199 Å². The average molecular weight is 475 g/mol. The Balaban J connectivity index is 1.51. The first kappa shape index (κ1) is 24.5. The highest BCUT2D eigenvalue weighted by atomic mass is 19.4. The molecule has 3 atom stereocenters. The van der Waals surface area contributed by atoms with E-state index >= 15 is 0 Å². The highest BCUT2D eigenvalue weighted by Gasteiger charge is 2.47. The first-order chi connectivity index (χ1) is 16.0. The molecule has 1 aromatic carbocycles. The zero-order chi connectivity index (χ0) is 24.7. The van der Waals surface area contributed by atoms with Crippen LogP contribution in [0, 0.1) is 5.92 Å². The number of halogens is 3. The van der Waals surface area contributed by atoms with E-state index in [1.165, 1.54) is 30.4 Å². The van der Waals surface area contributed by atoms with Crippen LogP contribution in [0.4, 0.5) is 18.9 Å². The fourth-order valence-corrected chi connectivity index (χ4v) is 5.44. The van der Waals surface area contributed by atoms with Gasteiger partial charge in [-0.25, -0.2) is 0 Å². The average Bonchev–Trinajstić information content (AvgIpc) is 3.03. The molecule has 0 spiro atoms. The topological polar surface area (TPSA) is 48.5 Å². The van der Waals surface area contributed by atoms with Crippen molar-refractivity contribution >= 4 is 11.6 Å². The van der Waals surface area contributed by atoms with Gasteiger partial charge in [0.2, 0.25) is 5.91 Å². The van der Waals surface area contributed by atoms with Crippen LogP contribution < -0.4 is 5.32 Å². The number of amides is 1. The summed E-state index contributed by atoms with van der Waals surface area (Å²) in [6.07, 6.45) is -0.934. The first-order valence-electron chi connectivity index (χ1n) is 11.8. The van der Waals surface area contributed by atoms with Gasteiger partial charge in [-0.05, 0) is 56.1 Å². The molecular weight excluding hydrogens is 441 g/mol. The van der Waals surface area contributed by atoms with Gasteiger partial charge in [0.15, 0.2) is 6.04 Å². The van der Waals surface area contributed by atoms with Crippen molar-refractivity contribution in [2.45, 2.75) is 56.8 Å². The molecule has 1 aliphatic carbocycles. The number of likely N-dealkylation sites (tertiary alicyclic amines) is 1. The van der Waals surface area contributed by atoms with E-state index in [2.05, 4.69) is 36.3 Å². The predicted molar refractivity (Wildman–Crippen MR) is 127 cm³/mol. The maximum absolute atomic E-state index is 14.1. The van der Waals surface area contributed by atoms with Gasteiger partial charge in [0.25, 0.3) is 0 Å². The van der Waals surface area contributed by atoms with Crippen molar-refractivity contribution < 1.29 is 18.0 Å². The smallest absolute Gasteiger partial charge is 0.380 e. The molecule has 184 valence electrons. The van der Waals surface area contributed by atoms with Gasteiger partial charge in [-0.2, -0.15) is 13.2 Å². The summed E-state index contributed by atoms with van der Waals surface area (Å²) in [5.74, 6) is -0.913. The third kappa shape index (κ3) is 4.78. The molecular formula is C26H33F3N4O. The van der Waals surface area contributed by atoms with Gasteiger partial charge in [-0.15, -0.1) is 0 Å². The molecule has 8 heteroatoms. The third-order valence-electron chi connectivity index (χ3n) is 7.43. The predicted octanol–water partition coefficient (Wildman–Crippen LogP) is 4.80. The molecule has 1 aliphatic heterocycles. The Hall–Kier alpha value is -2.61. The summed E-state index contributed by atoms with van der Waals surface area (Å²) in [6, 6.07) is 9.33. The minimum atomic E-state index is -4.62. The number of carbonyl (C=O) groups excluding carboxylic acids is 1. The second-order valence-electron chi connectivity index (χ2n) is 10.2. The maximum atomic E-state index is 14.1. The van der Waals surface area contributed by atoms with E-state index in [4.69, 9.17) is 0 Å². The van der Waals surface area contributed by atoms with Gasteiger partial charge >= 0.3 is 6.18 Å². The molecule has 4 rings (SSSR count). The number of rotatable bonds is 5. The number of carbonyl (C=O) groups is 1. The number of hydrogen-bond acceptors (Lipinski definition) is 4. The van der Waals surface area contributed by atoms with Gasteiger partial charge in [-0.3, -0.25) is 9.78 Å². The number of nitrogens with one attached hydrogen (secondary N) is 1. The lowest BCUT2D eigenvalue weighted by atomic mass is 9.83. The molecule has 1 saturated heterocycles. The molecule has 2 aromatic rings. The van der Waals surface area contributed by atoms with Gasteiger partial charge in [0.05, 0.1) is 23.5 Å². The number of alkyl halides is 3. The van der Waals surface area contributed by atoms with Crippen molar-refractivity contribution in [3.63, 3.8) is 0 Å². The van der Waals surface area contributed by atoms with Crippen LogP contribution in [0.15, 0.2) is 42.6 Å². The van der Waals surface area contributed by atoms with E-state index in [9.17, 15) is 18.0 Å². The van der Waals surface area contributed by atoms with E-state index in [0.29, 0.717) is 18.7 Å². The summed E-state index contributed by atoms with van der Waals surface area (Å²) >= 11 is 0. The Kier molecular flexibility index (Phi) is 6.64. The molecule has 5 nitrogen and oxygen atoms in total. The molecule has 2 heterocycles. The molecule has 1 aromatic heterocycles. The molecule has 1 N–H and O–H groups in total. The summed E-state index contributed by atoms with van der Waals surface area (Å²) in [5, 5.41) is 3.46. The summed E-state index contributed by atoms with van der Waals surface area (Å²) < 4.78 is 42.2. The number of anilines is 1. The van der Waals surface area contributed by atoms with Crippen molar-refractivity contribution in [1.29, 1.82) is 0 Å². The van der Waals surface area contributed by atoms with Crippen molar-refractivity contribution in [2.24, 2.45) is 5.92 Å². The number of pyridine rings is 1. The van der Waals surface area contributed by atoms with Crippen molar-refractivity contribution in [1.82, 2.24) is 14.8 Å². The third-order valence-corrected chi connectivity index (χ3v) is 7.43. The van der Waals surface area contributed by atoms with Crippen molar-refractivity contribution in [2.75, 3.05) is 32.5 Å². The van der Waals surface area contributed by atoms with Crippen molar-refractivity contribution in [3.05, 3.63) is 59.4 Å². The van der Waals surface area contributed by atoms with Crippen LogP contribution in [0.25, 0.3) is 0 Å². The normalized spacial score (nSPS) is 23.3. The summed E-state index contributed by atoms with van der Waals surface area (Å²) in [6.45, 7) is 5.67.